The molecule has 1 N–H and O–H groups in total. The number of amides is 1. The molecule has 0 atom stereocenters. The minimum atomic E-state index is -3.58. The molecule has 0 unspecified atom stereocenters. The predicted molar refractivity (Wildman–Crippen MR) is 94.8 cm³/mol. The Morgan fingerprint density at radius 1 is 1.20 bits per heavy atom. The highest BCUT2D eigenvalue weighted by atomic mass is 32.2. The molecule has 0 saturated carbocycles. The van der Waals surface area contributed by atoms with E-state index in [9.17, 15) is 17.6 Å². The number of hydrogen-bond donors (Lipinski definition) is 1. The van der Waals surface area contributed by atoms with Crippen LogP contribution < -0.4 is 14.4 Å². The number of nitrogens with zero attached hydrogens (tertiary/aromatic N) is 1. The number of ether oxygens (including phenoxy) is 1. The van der Waals surface area contributed by atoms with E-state index in [1.54, 1.807) is 30.3 Å². The zero-order valence-corrected chi connectivity index (χ0v) is 14.7. The van der Waals surface area contributed by atoms with E-state index >= 15 is 0 Å². The van der Waals surface area contributed by atoms with Crippen molar-refractivity contribution in [2.45, 2.75) is 6.42 Å². The third-order valence-electron chi connectivity index (χ3n) is 3.39. The molecule has 0 fully saturated rings. The van der Waals surface area contributed by atoms with Crippen molar-refractivity contribution in [3.8, 4) is 5.75 Å². The standard InChI is InChI=1S/C17H19FN2O4S/c1-24-16-8-4-7-15(12-16)20(25(2,22)23)10-9-17(21)19-14-6-3-5-13(18)11-14/h3-8,11-12H,9-10H2,1-2H3,(H,19,21). The van der Waals surface area contributed by atoms with Gasteiger partial charge < -0.3 is 10.1 Å². The summed E-state index contributed by atoms with van der Waals surface area (Å²) in [5, 5.41) is 2.54. The molecule has 2 aromatic rings. The van der Waals surface area contributed by atoms with Gasteiger partial charge in [-0.15, -0.1) is 0 Å². The molecule has 2 rings (SSSR count). The summed E-state index contributed by atoms with van der Waals surface area (Å²) in [4.78, 5) is 12.0. The Kier molecular flexibility index (Phi) is 5.97. The first-order valence-corrected chi connectivity index (χ1v) is 9.31. The highest BCUT2D eigenvalue weighted by Crippen LogP contribution is 2.23. The van der Waals surface area contributed by atoms with Gasteiger partial charge in [0.2, 0.25) is 15.9 Å². The highest BCUT2D eigenvalue weighted by molar-refractivity contribution is 7.92. The number of anilines is 2. The van der Waals surface area contributed by atoms with Crippen LogP contribution in [0.25, 0.3) is 0 Å². The number of carbonyl (C=O) groups excluding carboxylic acids is 1. The molecule has 8 heteroatoms. The number of nitrogens with one attached hydrogen (secondary N) is 1. The second-order valence-electron chi connectivity index (χ2n) is 5.35. The van der Waals surface area contributed by atoms with E-state index in [4.69, 9.17) is 4.74 Å². The average molecular weight is 366 g/mol. The second-order valence-corrected chi connectivity index (χ2v) is 7.25. The maximum absolute atomic E-state index is 13.1. The van der Waals surface area contributed by atoms with Crippen LogP contribution in [0.15, 0.2) is 48.5 Å². The molecule has 134 valence electrons. The smallest absolute Gasteiger partial charge is 0.232 e. The topological polar surface area (TPSA) is 75.7 Å². The van der Waals surface area contributed by atoms with Gasteiger partial charge in [-0.2, -0.15) is 0 Å². The Morgan fingerprint density at radius 3 is 2.56 bits per heavy atom. The number of sulfonamides is 1. The Labute approximate surface area is 146 Å². The number of methoxy groups -OCH3 is 1. The summed E-state index contributed by atoms with van der Waals surface area (Å²) in [7, 11) is -2.10. The Morgan fingerprint density at radius 2 is 1.92 bits per heavy atom. The largest absolute Gasteiger partial charge is 0.497 e. The van der Waals surface area contributed by atoms with E-state index in [1.165, 1.54) is 25.3 Å². The minimum absolute atomic E-state index is 0.0485. The maximum atomic E-state index is 13.1. The van der Waals surface area contributed by atoms with Crippen LogP contribution in [0.2, 0.25) is 0 Å². The Balaban J connectivity index is 2.09. The van der Waals surface area contributed by atoms with E-state index in [1.807, 2.05) is 0 Å². The molecule has 0 spiro atoms. The number of halogens is 1. The molecular formula is C17H19FN2O4S. The van der Waals surface area contributed by atoms with Crippen molar-refractivity contribution in [3.05, 3.63) is 54.3 Å². The maximum Gasteiger partial charge on any atom is 0.232 e. The van der Waals surface area contributed by atoms with Crippen LogP contribution in [-0.4, -0.2) is 34.2 Å². The molecule has 6 nitrogen and oxygen atoms in total. The molecule has 0 heterocycles. The van der Waals surface area contributed by atoms with Crippen LogP contribution >= 0.6 is 0 Å². The average Bonchev–Trinajstić information content (AvgIpc) is 2.54. The minimum Gasteiger partial charge on any atom is -0.497 e. The van der Waals surface area contributed by atoms with Gasteiger partial charge in [0.1, 0.15) is 11.6 Å². The van der Waals surface area contributed by atoms with Gasteiger partial charge in [-0.25, -0.2) is 12.8 Å². The first kappa shape index (κ1) is 18.7. The first-order valence-electron chi connectivity index (χ1n) is 7.47. The molecule has 1 amide bonds. The zero-order chi connectivity index (χ0) is 18.4. The molecule has 0 aliphatic carbocycles. The van der Waals surface area contributed by atoms with Gasteiger partial charge in [0.05, 0.1) is 19.1 Å². The second kappa shape index (κ2) is 7.98. The van der Waals surface area contributed by atoms with Crippen molar-refractivity contribution < 1.29 is 22.3 Å². The lowest BCUT2D eigenvalue weighted by Gasteiger charge is -2.22. The van der Waals surface area contributed by atoms with E-state index in [0.717, 1.165) is 10.6 Å². The van der Waals surface area contributed by atoms with Crippen molar-refractivity contribution in [1.29, 1.82) is 0 Å². The SMILES string of the molecule is COc1cccc(N(CCC(=O)Nc2cccc(F)c2)S(C)(=O)=O)c1. The van der Waals surface area contributed by atoms with Gasteiger partial charge in [-0.3, -0.25) is 9.10 Å². The predicted octanol–water partition coefficient (Wildman–Crippen LogP) is 2.63. The number of benzene rings is 2. The third-order valence-corrected chi connectivity index (χ3v) is 4.59. The van der Waals surface area contributed by atoms with E-state index in [-0.39, 0.29) is 13.0 Å². The molecule has 0 radical (unpaired) electrons. The number of hydrogen-bond acceptors (Lipinski definition) is 4. The van der Waals surface area contributed by atoms with Crippen molar-refractivity contribution in [1.82, 2.24) is 0 Å². The van der Waals surface area contributed by atoms with Crippen LogP contribution in [0.5, 0.6) is 5.75 Å². The molecule has 0 aromatic heterocycles. The summed E-state index contributed by atoms with van der Waals surface area (Å²) in [6.45, 7) is -0.0485. The summed E-state index contributed by atoms with van der Waals surface area (Å²) < 4.78 is 43.5. The fraction of sp³-hybridized carbons (Fsp3) is 0.235. The molecule has 25 heavy (non-hydrogen) atoms. The summed E-state index contributed by atoms with van der Waals surface area (Å²) in [5.41, 5.74) is 0.720. The van der Waals surface area contributed by atoms with Gasteiger partial charge in [-0.1, -0.05) is 12.1 Å². The van der Waals surface area contributed by atoms with E-state index in [0.29, 0.717) is 17.1 Å². The van der Waals surface area contributed by atoms with Crippen LogP contribution in [0.1, 0.15) is 6.42 Å². The molecule has 0 aliphatic heterocycles. The number of carbonyl (C=O) groups is 1. The quantitative estimate of drug-likeness (QED) is 0.817. The van der Waals surface area contributed by atoms with Gasteiger partial charge in [0.15, 0.2) is 0 Å². The summed E-state index contributed by atoms with van der Waals surface area (Å²) in [5.74, 6) is -0.371. The normalized spacial score (nSPS) is 11.0. The van der Waals surface area contributed by atoms with Crippen LogP contribution in [0.4, 0.5) is 15.8 Å². The zero-order valence-electron chi connectivity index (χ0n) is 13.9. The monoisotopic (exact) mass is 366 g/mol. The first-order chi connectivity index (χ1) is 11.8. The molecule has 0 bridgehead atoms. The summed E-state index contributed by atoms with van der Waals surface area (Å²) in [6, 6.07) is 12.0. The van der Waals surface area contributed by atoms with Gasteiger partial charge >= 0.3 is 0 Å². The van der Waals surface area contributed by atoms with Crippen LogP contribution in [-0.2, 0) is 14.8 Å². The third kappa shape index (κ3) is 5.46. The highest BCUT2D eigenvalue weighted by Gasteiger charge is 2.19. The fourth-order valence-electron chi connectivity index (χ4n) is 2.24. The lowest BCUT2D eigenvalue weighted by molar-refractivity contribution is -0.116. The van der Waals surface area contributed by atoms with E-state index < -0.39 is 21.7 Å². The molecule has 0 aliphatic rings. The summed E-state index contributed by atoms with van der Waals surface area (Å²) in [6.07, 6.45) is 0.984. The molecule has 0 saturated heterocycles. The van der Waals surface area contributed by atoms with Crippen molar-refractivity contribution in [2.24, 2.45) is 0 Å². The van der Waals surface area contributed by atoms with Crippen molar-refractivity contribution in [3.63, 3.8) is 0 Å². The van der Waals surface area contributed by atoms with Gasteiger partial charge in [0, 0.05) is 24.7 Å². The summed E-state index contributed by atoms with van der Waals surface area (Å²) >= 11 is 0. The van der Waals surface area contributed by atoms with Crippen molar-refractivity contribution in [2.75, 3.05) is 29.5 Å². The van der Waals surface area contributed by atoms with E-state index in [2.05, 4.69) is 5.32 Å². The van der Waals surface area contributed by atoms with Gasteiger partial charge in [-0.05, 0) is 30.3 Å². The lowest BCUT2D eigenvalue weighted by atomic mass is 10.2. The van der Waals surface area contributed by atoms with Gasteiger partial charge in [0.25, 0.3) is 0 Å². The lowest BCUT2D eigenvalue weighted by Crippen LogP contribution is -2.33. The van der Waals surface area contributed by atoms with Crippen LogP contribution in [0, 0.1) is 5.82 Å². The Bertz CT molecular complexity index is 855. The van der Waals surface area contributed by atoms with Crippen molar-refractivity contribution >= 4 is 27.3 Å². The Hall–Kier alpha value is -2.61. The molecule has 2 aromatic carbocycles. The fourth-order valence-corrected chi connectivity index (χ4v) is 3.16. The number of rotatable bonds is 7. The molecular weight excluding hydrogens is 347 g/mol. The van der Waals surface area contributed by atoms with Crippen LogP contribution in [0.3, 0.4) is 0 Å².